The second-order valence-electron chi connectivity index (χ2n) is 5.28. The highest BCUT2D eigenvalue weighted by Gasteiger charge is 2.23. The van der Waals surface area contributed by atoms with E-state index in [1.807, 2.05) is 11.9 Å². The number of methoxy groups -OCH3 is 1. The molecular formula is C14H19N3O4. The van der Waals surface area contributed by atoms with E-state index in [0.29, 0.717) is 12.6 Å². The van der Waals surface area contributed by atoms with Crippen molar-refractivity contribution in [1.29, 1.82) is 0 Å². The number of hydrogen-bond donors (Lipinski definition) is 1. The van der Waals surface area contributed by atoms with E-state index in [0.717, 1.165) is 18.4 Å². The Balaban J connectivity index is 1.96. The maximum Gasteiger partial charge on any atom is 0.311 e. The largest absolute Gasteiger partial charge is 0.490 e. The zero-order valence-corrected chi connectivity index (χ0v) is 12.2. The van der Waals surface area contributed by atoms with Gasteiger partial charge in [-0.3, -0.25) is 19.8 Å². The summed E-state index contributed by atoms with van der Waals surface area (Å²) in [5, 5.41) is 13.9. The molecule has 0 atom stereocenters. The van der Waals surface area contributed by atoms with Crippen LogP contribution < -0.4 is 10.1 Å². The molecule has 0 heterocycles. The molecule has 1 saturated carbocycles. The van der Waals surface area contributed by atoms with Crippen LogP contribution in [-0.2, 0) is 11.3 Å². The molecule has 1 aliphatic rings. The Morgan fingerprint density at radius 1 is 1.52 bits per heavy atom. The van der Waals surface area contributed by atoms with Crippen LogP contribution >= 0.6 is 0 Å². The number of rotatable bonds is 7. The molecule has 7 heteroatoms. The Labute approximate surface area is 123 Å². The first kappa shape index (κ1) is 15.2. The monoisotopic (exact) mass is 293 g/mol. The van der Waals surface area contributed by atoms with E-state index in [1.54, 1.807) is 12.1 Å². The van der Waals surface area contributed by atoms with Crippen LogP contribution in [-0.4, -0.2) is 42.5 Å². The number of nitrogens with one attached hydrogen (secondary N) is 1. The van der Waals surface area contributed by atoms with Crippen molar-refractivity contribution >= 4 is 11.6 Å². The van der Waals surface area contributed by atoms with Crippen molar-refractivity contribution < 1.29 is 14.5 Å². The van der Waals surface area contributed by atoms with Gasteiger partial charge in [0.15, 0.2) is 5.75 Å². The van der Waals surface area contributed by atoms with Crippen LogP contribution in [0.15, 0.2) is 18.2 Å². The van der Waals surface area contributed by atoms with E-state index in [9.17, 15) is 14.9 Å². The van der Waals surface area contributed by atoms with E-state index in [2.05, 4.69) is 5.32 Å². The topological polar surface area (TPSA) is 84.7 Å². The van der Waals surface area contributed by atoms with Crippen molar-refractivity contribution in [2.45, 2.75) is 25.4 Å². The van der Waals surface area contributed by atoms with Gasteiger partial charge in [0.25, 0.3) is 0 Å². The van der Waals surface area contributed by atoms with Crippen LogP contribution in [0.2, 0.25) is 0 Å². The lowest BCUT2D eigenvalue weighted by Crippen LogP contribution is -2.35. The van der Waals surface area contributed by atoms with Crippen molar-refractivity contribution in [3.63, 3.8) is 0 Å². The maximum atomic E-state index is 11.7. The molecule has 21 heavy (non-hydrogen) atoms. The molecule has 0 aliphatic heterocycles. The molecule has 2 rings (SSSR count). The molecular weight excluding hydrogens is 274 g/mol. The Morgan fingerprint density at radius 3 is 2.81 bits per heavy atom. The van der Waals surface area contributed by atoms with Crippen LogP contribution in [0, 0.1) is 10.1 Å². The summed E-state index contributed by atoms with van der Waals surface area (Å²) in [6, 6.07) is 5.16. The van der Waals surface area contributed by atoms with Gasteiger partial charge >= 0.3 is 5.69 Å². The number of nitrogens with zero attached hydrogens (tertiary/aromatic N) is 2. The molecule has 0 radical (unpaired) electrons. The zero-order valence-electron chi connectivity index (χ0n) is 12.2. The second-order valence-corrected chi connectivity index (χ2v) is 5.28. The van der Waals surface area contributed by atoms with Gasteiger partial charge in [-0.05, 0) is 31.5 Å². The first-order valence-corrected chi connectivity index (χ1v) is 6.79. The number of likely N-dealkylation sites (N-methyl/N-ethyl adjacent to an activating group) is 1. The van der Waals surface area contributed by atoms with Crippen molar-refractivity contribution in [2.75, 3.05) is 20.7 Å². The first-order chi connectivity index (χ1) is 9.99. The fourth-order valence-corrected chi connectivity index (χ4v) is 2.09. The minimum absolute atomic E-state index is 0.0111. The quantitative estimate of drug-likeness (QED) is 0.605. The van der Waals surface area contributed by atoms with Gasteiger partial charge in [0.05, 0.1) is 18.6 Å². The summed E-state index contributed by atoms with van der Waals surface area (Å²) in [5.74, 6) is 0.223. The average Bonchev–Trinajstić information content (AvgIpc) is 3.22. The molecule has 1 aromatic carbocycles. The number of nitro benzene ring substituents is 1. The molecule has 0 aromatic heterocycles. The lowest BCUT2D eigenvalue weighted by Gasteiger charge is -2.16. The molecule has 0 spiro atoms. The third kappa shape index (κ3) is 4.42. The highest BCUT2D eigenvalue weighted by atomic mass is 16.6. The van der Waals surface area contributed by atoms with Crippen LogP contribution in [0.3, 0.4) is 0 Å². The summed E-state index contributed by atoms with van der Waals surface area (Å²) < 4.78 is 4.96. The summed E-state index contributed by atoms with van der Waals surface area (Å²) in [6.07, 6.45) is 2.11. The van der Waals surface area contributed by atoms with E-state index >= 15 is 0 Å². The molecule has 1 aromatic rings. The highest BCUT2D eigenvalue weighted by molar-refractivity contribution is 5.78. The molecule has 1 amide bonds. The van der Waals surface area contributed by atoms with Gasteiger partial charge in [0.2, 0.25) is 5.91 Å². The summed E-state index contributed by atoms with van der Waals surface area (Å²) in [4.78, 5) is 24.0. The minimum Gasteiger partial charge on any atom is -0.490 e. The predicted molar refractivity (Wildman–Crippen MR) is 77.1 cm³/mol. The van der Waals surface area contributed by atoms with Crippen molar-refractivity contribution in [3.05, 3.63) is 33.9 Å². The van der Waals surface area contributed by atoms with Gasteiger partial charge in [0.1, 0.15) is 0 Å². The Kier molecular flexibility index (Phi) is 4.74. The number of ether oxygens (including phenoxy) is 1. The molecule has 1 aliphatic carbocycles. The number of carbonyl (C=O) groups excluding carboxylic acids is 1. The van der Waals surface area contributed by atoms with Crippen molar-refractivity contribution in [2.24, 2.45) is 0 Å². The SMILES string of the molecule is COc1ccc(CN(C)CC(=O)NC2CC2)cc1[N+](=O)[O-]. The Hall–Kier alpha value is -2.15. The third-order valence-corrected chi connectivity index (χ3v) is 3.25. The molecule has 7 nitrogen and oxygen atoms in total. The molecule has 0 saturated heterocycles. The van der Waals surface area contributed by atoms with Gasteiger partial charge in [-0.15, -0.1) is 0 Å². The third-order valence-electron chi connectivity index (χ3n) is 3.25. The summed E-state index contributed by atoms with van der Waals surface area (Å²) in [6.45, 7) is 0.735. The summed E-state index contributed by atoms with van der Waals surface area (Å²) >= 11 is 0. The van der Waals surface area contributed by atoms with E-state index < -0.39 is 4.92 Å². The molecule has 0 bridgehead atoms. The van der Waals surface area contributed by atoms with Gasteiger partial charge in [-0.2, -0.15) is 0 Å². The molecule has 0 unspecified atom stereocenters. The van der Waals surface area contributed by atoms with Gasteiger partial charge in [0, 0.05) is 18.7 Å². The summed E-state index contributed by atoms with van der Waals surface area (Å²) in [7, 11) is 3.21. The van der Waals surface area contributed by atoms with Crippen LogP contribution in [0.5, 0.6) is 5.75 Å². The van der Waals surface area contributed by atoms with E-state index in [4.69, 9.17) is 4.74 Å². The van der Waals surface area contributed by atoms with Crippen LogP contribution in [0.1, 0.15) is 18.4 Å². The number of carbonyl (C=O) groups is 1. The van der Waals surface area contributed by atoms with Gasteiger partial charge in [-0.25, -0.2) is 0 Å². The summed E-state index contributed by atoms with van der Waals surface area (Å²) in [5.41, 5.74) is 0.704. The lowest BCUT2D eigenvalue weighted by atomic mass is 10.1. The molecule has 114 valence electrons. The smallest absolute Gasteiger partial charge is 0.311 e. The first-order valence-electron chi connectivity index (χ1n) is 6.79. The van der Waals surface area contributed by atoms with Crippen LogP contribution in [0.4, 0.5) is 5.69 Å². The van der Waals surface area contributed by atoms with Gasteiger partial charge in [-0.1, -0.05) is 6.07 Å². The van der Waals surface area contributed by atoms with E-state index in [-0.39, 0.29) is 23.9 Å². The average molecular weight is 293 g/mol. The van der Waals surface area contributed by atoms with Gasteiger partial charge < -0.3 is 10.1 Å². The predicted octanol–water partition coefficient (Wildman–Crippen LogP) is 1.31. The van der Waals surface area contributed by atoms with Crippen molar-refractivity contribution in [1.82, 2.24) is 10.2 Å². The van der Waals surface area contributed by atoms with E-state index in [1.165, 1.54) is 13.2 Å². The Bertz CT molecular complexity index is 543. The maximum absolute atomic E-state index is 11.7. The molecule has 1 fully saturated rings. The number of amides is 1. The fraction of sp³-hybridized carbons (Fsp3) is 0.500. The van der Waals surface area contributed by atoms with Crippen molar-refractivity contribution in [3.8, 4) is 5.75 Å². The highest BCUT2D eigenvalue weighted by Crippen LogP contribution is 2.27. The zero-order chi connectivity index (χ0) is 15.4. The standard InChI is InChI=1S/C14H19N3O4/c1-16(9-14(18)15-11-4-5-11)8-10-3-6-13(21-2)12(7-10)17(19)20/h3,6-7,11H,4-5,8-9H2,1-2H3,(H,15,18). The normalized spacial score (nSPS) is 14.0. The second kappa shape index (κ2) is 6.53. The lowest BCUT2D eigenvalue weighted by molar-refractivity contribution is -0.385. The Morgan fingerprint density at radius 2 is 2.24 bits per heavy atom. The molecule has 1 N–H and O–H groups in total. The number of nitro groups is 1. The fourth-order valence-electron chi connectivity index (χ4n) is 2.09. The number of benzene rings is 1. The number of hydrogen-bond acceptors (Lipinski definition) is 5. The van der Waals surface area contributed by atoms with Crippen LogP contribution in [0.25, 0.3) is 0 Å². The minimum atomic E-state index is -0.470.